The number of esters is 1. The quantitative estimate of drug-likeness (QED) is 0.479. The molecule has 4 nitrogen and oxygen atoms in total. The molecule has 0 spiro atoms. The largest absolute Gasteiger partial charge is 0.466 e. The summed E-state index contributed by atoms with van der Waals surface area (Å²) in [4.78, 5) is 23.1. The third kappa shape index (κ3) is 4.35. The summed E-state index contributed by atoms with van der Waals surface area (Å²) in [5.74, 6) is -0.917. The van der Waals surface area contributed by atoms with Crippen LogP contribution in [0.25, 0.3) is 0 Å². The summed E-state index contributed by atoms with van der Waals surface area (Å²) in [7, 11) is 0. The number of benzene rings is 1. The molecule has 16 heavy (non-hydrogen) atoms. The van der Waals surface area contributed by atoms with E-state index < -0.39 is 11.9 Å². The predicted molar refractivity (Wildman–Crippen MR) is 63.6 cm³/mol. The molecule has 1 rings (SSSR count). The molecule has 0 heterocycles. The second-order valence-corrected chi connectivity index (χ2v) is 3.60. The molecule has 86 valence electrons. The Kier molecular flexibility index (Phi) is 4.85. The number of carbonyl (C=O) groups is 2. The van der Waals surface area contributed by atoms with E-state index in [4.69, 9.17) is 0 Å². The van der Waals surface area contributed by atoms with Crippen LogP contribution in [-0.2, 0) is 14.3 Å². The first-order valence-electron chi connectivity index (χ1n) is 4.86. The van der Waals surface area contributed by atoms with Gasteiger partial charge >= 0.3 is 5.97 Å². The zero-order valence-electron chi connectivity index (χ0n) is 8.90. The van der Waals surface area contributed by atoms with Crippen molar-refractivity contribution in [1.82, 2.24) is 0 Å². The fourth-order valence-corrected chi connectivity index (χ4v) is 1.36. The number of amides is 1. The molecule has 0 atom stereocenters. The van der Waals surface area contributed by atoms with Crippen LogP contribution in [0.3, 0.4) is 0 Å². The molecular weight excluding hydrogens is 226 g/mol. The second kappa shape index (κ2) is 6.17. The molecule has 0 bridgehead atoms. The maximum absolute atomic E-state index is 11.4. The Morgan fingerprint density at radius 1 is 1.44 bits per heavy atom. The van der Waals surface area contributed by atoms with E-state index in [1.165, 1.54) is 0 Å². The standard InChI is InChI=1S/C11H13NO3S/c1-2-15-11(14)7-10(13)12-8-4-3-5-9(16)6-8/h3-6,16H,2,7H2,1H3,(H,12,13). The van der Waals surface area contributed by atoms with Crippen LogP contribution in [0.2, 0.25) is 0 Å². The van der Waals surface area contributed by atoms with Crippen LogP contribution in [0, 0.1) is 0 Å². The third-order valence-corrected chi connectivity index (χ3v) is 2.02. The molecule has 0 unspecified atom stereocenters. The van der Waals surface area contributed by atoms with Crippen LogP contribution >= 0.6 is 12.6 Å². The molecule has 1 aromatic carbocycles. The molecule has 0 fully saturated rings. The second-order valence-electron chi connectivity index (χ2n) is 3.08. The van der Waals surface area contributed by atoms with Crippen molar-refractivity contribution in [2.24, 2.45) is 0 Å². The van der Waals surface area contributed by atoms with Crippen molar-refractivity contribution in [2.45, 2.75) is 18.2 Å². The number of anilines is 1. The number of hydrogen-bond acceptors (Lipinski definition) is 4. The van der Waals surface area contributed by atoms with Crippen LogP contribution in [0.4, 0.5) is 5.69 Å². The highest BCUT2D eigenvalue weighted by Gasteiger charge is 2.09. The zero-order valence-corrected chi connectivity index (χ0v) is 9.79. The molecule has 0 aliphatic rings. The Morgan fingerprint density at radius 2 is 2.19 bits per heavy atom. The van der Waals surface area contributed by atoms with Gasteiger partial charge in [-0.3, -0.25) is 9.59 Å². The number of thiol groups is 1. The molecule has 0 aliphatic carbocycles. The summed E-state index contributed by atoms with van der Waals surface area (Å²) < 4.78 is 4.66. The normalized spacial score (nSPS) is 9.62. The molecule has 1 amide bonds. The summed E-state index contributed by atoms with van der Waals surface area (Å²) in [6.07, 6.45) is -0.273. The first-order valence-corrected chi connectivity index (χ1v) is 5.31. The number of hydrogen-bond donors (Lipinski definition) is 2. The molecule has 0 saturated heterocycles. The van der Waals surface area contributed by atoms with E-state index in [2.05, 4.69) is 22.7 Å². The Balaban J connectivity index is 2.48. The molecule has 1 N–H and O–H groups in total. The maximum atomic E-state index is 11.4. The van der Waals surface area contributed by atoms with Crippen molar-refractivity contribution in [3.05, 3.63) is 24.3 Å². The third-order valence-electron chi connectivity index (χ3n) is 1.74. The number of carbonyl (C=O) groups excluding carboxylic acids is 2. The topological polar surface area (TPSA) is 55.4 Å². The maximum Gasteiger partial charge on any atom is 0.315 e. The lowest BCUT2D eigenvalue weighted by atomic mass is 10.3. The van der Waals surface area contributed by atoms with Crippen molar-refractivity contribution < 1.29 is 14.3 Å². The van der Waals surface area contributed by atoms with Crippen molar-refractivity contribution in [3.8, 4) is 0 Å². The number of rotatable bonds is 4. The minimum Gasteiger partial charge on any atom is -0.466 e. The molecule has 0 aromatic heterocycles. The minimum atomic E-state index is -0.526. The summed E-state index contributed by atoms with van der Waals surface area (Å²) >= 11 is 4.14. The lowest BCUT2D eigenvalue weighted by Crippen LogP contribution is -2.18. The number of ether oxygens (including phenoxy) is 1. The van der Waals surface area contributed by atoms with Gasteiger partial charge in [0, 0.05) is 10.6 Å². The first kappa shape index (κ1) is 12.6. The summed E-state index contributed by atoms with van der Waals surface area (Å²) in [5, 5.41) is 2.58. The highest BCUT2D eigenvalue weighted by atomic mass is 32.1. The van der Waals surface area contributed by atoms with Crippen LogP contribution < -0.4 is 5.32 Å². The molecular formula is C11H13NO3S. The lowest BCUT2D eigenvalue weighted by molar-refractivity contribution is -0.145. The Morgan fingerprint density at radius 3 is 2.81 bits per heavy atom. The van der Waals surface area contributed by atoms with Crippen LogP contribution in [0.5, 0.6) is 0 Å². The monoisotopic (exact) mass is 239 g/mol. The molecule has 0 radical (unpaired) electrons. The Hall–Kier alpha value is -1.49. The van der Waals surface area contributed by atoms with Crippen molar-refractivity contribution in [1.29, 1.82) is 0 Å². The average Bonchev–Trinajstić information content (AvgIpc) is 2.17. The van der Waals surface area contributed by atoms with E-state index in [0.717, 1.165) is 4.90 Å². The SMILES string of the molecule is CCOC(=O)CC(=O)Nc1cccc(S)c1. The van der Waals surface area contributed by atoms with Crippen molar-refractivity contribution in [3.63, 3.8) is 0 Å². The van der Waals surface area contributed by atoms with Crippen molar-refractivity contribution in [2.75, 3.05) is 11.9 Å². The first-order chi connectivity index (χ1) is 7.61. The summed E-state index contributed by atoms with van der Waals surface area (Å²) in [6, 6.07) is 6.99. The van der Waals surface area contributed by atoms with Crippen LogP contribution in [-0.4, -0.2) is 18.5 Å². The van der Waals surface area contributed by atoms with Gasteiger partial charge in [0.05, 0.1) is 6.61 Å². The van der Waals surface area contributed by atoms with Crippen molar-refractivity contribution >= 4 is 30.2 Å². The van der Waals surface area contributed by atoms with E-state index in [0.29, 0.717) is 5.69 Å². The van der Waals surface area contributed by atoms with Gasteiger partial charge in [-0.25, -0.2) is 0 Å². The van der Waals surface area contributed by atoms with E-state index in [1.54, 1.807) is 31.2 Å². The molecule has 0 aliphatic heterocycles. The van der Waals surface area contributed by atoms with Gasteiger partial charge in [-0.2, -0.15) is 0 Å². The van der Waals surface area contributed by atoms with E-state index in [9.17, 15) is 9.59 Å². The highest BCUT2D eigenvalue weighted by Crippen LogP contribution is 2.13. The van der Waals surface area contributed by atoms with Gasteiger partial charge in [0.2, 0.25) is 5.91 Å². The molecule has 0 saturated carbocycles. The summed E-state index contributed by atoms with van der Waals surface area (Å²) in [6.45, 7) is 1.97. The van der Waals surface area contributed by atoms with Crippen LogP contribution in [0.15, 0.2) is 29.2 Å². The molecule has 5 heteroatoms. The van der Waals surface area contributed by atoms with Gasteiger partial charge in [-0.15, -0.1) is 12.6 Å². The fraction of sp³-hybridized carbons (Fsp3) is 0.273. The minimum absolute atomic E-state index is 0.273. The van der Waals surface area contributed by atoms with Crippen LogP contribution in [0.1, 0.15) is 13.3 Å². The highest BCUT2D eigenvalue weighted by molar-refractivity contribution is 7.80. The van der Waals surface area contributed by atoms with Gasteiger partial charge < -0.3 is 10.1 Å². The van der Waals surface area contributed by atoms with Gasteiger partial charge in [-0.1, -0.05) is 6.07 Å². The van der Waals surface area contributed by atoms with Gasteiger partial charge in [-0.05, 0) is 25.1 Å². The summed E-state index contributed by atoms with van der Waals surface area (Å²) in [5.41, 5.74) is 0.613. The Labute approximate surface area is 99.4 Å². The van der Waals surface area contributed by atoms with Gasteiger partial charge in [0.15, 0.2) is 0 Å². The van der Waals surface area contributed by atoms with Gasteiger partial charge in [0.25, 0.3) is 0 Å². The number of nitrogens with one attached hydrogen (secondary N) is 1. The zero-order chi connectivity index (χ0) is 12.0. The predicted octanol–water partition coefficient (Wildman–Crippen LogP) is 1.87. The van der Waals surface area contributed by atoms with Gasteiger partial charge in [0.1, 0.15) is 6.42 Å². The fourth-order valence-electron chi connectivity index (χ4n) is 1.13. The van der Waals surface area contributed by atoms with E-state index in [-0.39, 0.29) is 13.0 Å². The Bertz CT molecular complexity index is 393. The lowest BCUT2D eigenvalue weighted by Gasteiger charge is -2.05. The molecule has 1 aromatic rings. The van der Waals surface area contributed by atoms with E-state index in [1.807, 2.05) is 0 Å². The average molecular weight is 239 g/mol. The smallest absolute Gasteiger partial charge is 0.315 e. The van der Waals surface area contributed by atoms with E-state index >= 15 is 0 Å².